The number of hydrogen-bond donors (Lipinski definition) is 1. The Hall–Kier alpha value is -3.68. The number of anilines is 2. The fraction of sp³-hybridized carbons (Fsp3) is 0.273. The van der Waals surface area contributed by atoms with Gasteiger partial charge in [-0.15, -0.1) is 0 Å². The van der Waals surface area contributed by atoms with Crippen LogP contribution in [0.25, 0.3) is 0 Å². The molecule has 1 atom stereocenters. The standard InChI is InChI=1S/C22H22N2O6/c1-3-29-18-7-5-4-6-17(18)23-21(27)14(2)30-22(28)15-8-10-16(11-9-15)24-19(25)12-13-20(24)26/h4-11,14H,3,12-13H2,1-2H3,(H,23,27)/t14-/m0/s1. The van der Waals surface area contributed by atoms with Crippen LogP contribution < -0.4 is 15.0 Å². The van der Waals surface area contributed by atoms with Gasteiger partial charge in [0.15, 0.2) is 6.10 Å². The van der Waals surface area contributed by atoms with E-state index in [1.807, 2.05) is 6.92 Å². The summed E-state index contributed by atoms with van der Waals surface area (Å²) in [4.78, 5) is 49.5. The van der Waals surface area contributed by atoms with E-state index < -0.39 is 18.0 Å². The first-order valence-electron chi connectivity index (χ1n) is 9.60. The van der Waals surface area contributed by atoms with Crippen LogP contribution in [0.2, 0.25) is 0 Å². The zero-order chi connectivity index (χ0) is 21.7. The van der Waals surface area contributed by atoms with Gasteiger partial charge in [-0.1, -0.05) is 12.1 Å². The maximum atomic E-state index is 12.4. The largest absolute Gasteiger partial charge is 0.492 e. The Morgan fingerprint density at radius 1 is 1.03 bits per heavy atom. The summed E-state index contributed by atoms with van der Waals surface area (Å²) in [5.41, 5.74) is 1.08. The molecule has 0 spiro atoms. The molecule has 1 saturated heterocycles. The van der Waals surface area contributed by atoms with Crippen LogP contribution >= 0.6 is 0 Å². The molecule has 0 bridgehead atoms. The highest BCUT2D eigenvalue weighted by Gasteiger charge is 2.30. The van der Waals surface area contributed by atoms with Gasteiger partial charge in [-0.2, -0.15) is 0 Å². The molecule has 8 nitrogen and oxygen atoms in total. The fourth-order valence-corrected chi connectivity index (χ4v) is 2.98. The lowest BCUT2D eigenvalue weighted by molar-refractivity contribution is -0.124. The second-order valence-corrected chi connectivity index (χ2v) is 6.64. The topological polar surface area (TPSA) is 102 Å². The molecule has 1 N–H and O–H groups in total. The number of nitrogens with one attached hydrogen (secondary N) is 1. The van der Waals surface area contributed by atoms with Crippen molar-refractivity contribution in [2.45, 2.75) is 32.8 Å². The molecule has 0 aliphatic carbocycles. The Balaban J connectivity index is 1.62. The van der Waals surface area contributed by atoms with Crippen molar-refractivity contribution in [3.63, 3.8) is 0 Å². The highest BCUT2D eigenvalue weighted by Crippen LogP contribution is 2.25. The SMILES string of the molecule is CCOc1ccccc1NC(=O)[C@H](C)OC(=O)c1ccc(N2C(=O)CCC2=O)cc1. The van der Waals surface area contributed by atoms with Crippen molar-refractivity contribution in [1.29, 1.82) is 0 Å². The number of imide groups is 1. The Labute approximate surface area is 173 Å². The molecule has 30 heavy (non-hydrogen) atoms. The number of rotatable bonds is 7. The second-order valence-electron chi connectivity index (χ2n) is 6.64. The molecule has 2 aromatic rings. The van der Waals surface area contributed by atoms with Gasteiger partial charge in [-0.25, -0.2) is 4.79 Å². The minimum absolute atomic E-state index is 0.182. The number of para-hydroxylation sites is 2. The monoisotopic (exact) mass is 410 g/mol. The average molecular weight is 410 g/mol. The van der Waals surface area contributed by atoms with Crippen molar-refractivity contribution in [3.05, 3.63) is 54.1 Å². The summed E-state index contributed by atoms with van der Waals surface area (Å²) in [6, 6.07) is 12.9. The molecular formula is C22H22N2O6. The molecule has 0 saturated carbocycles. The third kappa shape index (κ3) is 4.65. The van der Waals surface area contributed by atoms with E-state index in [9.17, 15) is 19.2 Å². The van der Waals surface area contributed by atoms with Gasteiger partial charge in [0.2, 0.25) is 11.8 Å². The first-order chi connectivity index (χ1) is 14.4. The first kappa shape index (κ1) is 21.0. The van der Waals surface area contributed by atoms with Crippen LogP contribution in [-0.4, -0.2) is 36.4 Å². The van der Waals surface area contributed by atoms with Crippen molar-refractivity contribution in [1.82, 2.24) is 0 Å². The second kappa shape index (κ2) is 9.21. The van der Waals surface area contributed by atoms with Crippen LogP contribution in [0.1, 0.15) is 37.0 Å². The van der Waals surface area contributed by atoms with E-state index in [2.05, 4.69) is 5.32 Å². The molecule has 1 fully saturated rings. The molecule has 0 aromatic heterocycles. The maximum Gasteiger partial charge on any atom is 0.338 e. The third-order valence-corrected chi connectivity index (χ3v) is 4.51. The minimum atomic E-state index is -1.05. The van der Waals surface area contributed by atoms with E-state index in [1.165, 1.54) is 31.2 Å². The molecule has 156 valence electrons. The van der Waals surface area contributed by atoms with Crippen molar-refractivity contribution in [2.75, 3.05) is 16.8 Å². The van der Waals surface area contributed by atoms with E-state index in [4.69, 9.17) is 9.47 Å². The van der Waals surface area contributed by atoms with Crippen molar-refractivity contribution in [2.24, 2.45) is 0 Å². The summed E-state index contributed by atoms with van der Waals surface area (Å²) in [6.45, 7) is 3.75. The van der Waals surface area contributed by atoms with Crippen LogP contribution in [0, 0.1) is 0 Å². The van der Waals surface area contributed by atoms with Crippen molar-refractivity contribution >= 4 is 35.1 Å². The summed E-state index contributed by atoms with van der Waals surface area (Å²) < 4.78 is 10.7. The van der Waals surface area contributed by atoms with E-state index >= 15 is 0 Å². The molecular weight excluding hydrogens is 388 g/mol. The molecule has 2 aromatic carbocycles. The van der Waals surface area contributed by atoms with Crippen LogP contribution in [0.15, 0.2) is 48.5 Å². The van der Waals surface area contributed by atoms with E-state index in [0.717, 1.165) is 4.90 Å². The predicted octanol–water partition coefficient (Wildman–Crippen LogP) is 2.92. The lowest BCUT2D eigenvalue weighted by Gasteiger charge is -2.16. The summed E-state index contributed by atoms with van der Waals surface area (Å²) in [7, 11) is 0. The zero-order valence-electron chi connectivity index (χ0n) is 16.7. The average Bonchev–Trinajstić information content (AvgIpc) is 3.07. The first-order valence-corrected chi connectivity index (χ1v) is 9.60. The van der Waals surface area contributed by atoms with Gasteiger partial charge >= 0.3 is 5.97 Å². The normalized spacial score (nSPS) is 14.4. The number of ether oxygens (including phenoxy) is 2. The van der Waals surface area contributed by atoms with Gasteiger partial charge in [0.1, 0.15) is 5.75 Å². The van der Waals surface area contributed by atoms with E-state index in [-0.39, 0.29) is 30.2 Å². The molecule has 3 amide bonds. The van der Waals surface area contributed by atoms with Crippen LogP contribution in [0.3, 0.4) is 0 Å². The summed E-state index contributed by atoms with van der Waals surface area (Å²) >= 11 is 0. The number of benzene rings is 2. The number of amides is 3. The highest BCUT2D eigenvalue weighted by molar-refractivity contribution is 6.19. The van der Waals surface area contributed by atoms with Crippen molar-refractivity contribution in [3.8, 4) is 5.75 Å². The maximum absolute atomic E-state index is 12.4. The number of hydrogen-bond acceptors (Lipinski definition) is 6. The lowest BCUT2D eigenvalue weighted by atomic mass is 10.2. The molecule has 0 radical (unpaired) electrons. The summed E-state index contributed by atoms with van der Waals surface area (Å²) in [5.74, 6) is -1.21. The Bertz CT molecular complexity index is 954. The zero-order valence-corrected chi connectivity index (χ0v) is 16.7. The fourth-order valence-electron chi connectivity index (χ4n) is 2.98. The van der Waals surface area contributed by atoms with Crippen LogP contribution in [-0.2, 0) is 19.1 Å². The Morgan fingerprint density at radius 2 is 1.67 bits per heavy atom. The van der Waals surface area contributed by atoms with Gasteiger partial charge < -0.3 is 14.8 Å². The van der Waals surface area contributed by atoms with Gasteiger partial charge in [0.25, 0.3) is 5.91 Å². The number of carbonyl (C=O) groups excluding carboxylic acids is 4. The number of carbonyl (C=O) groups is 4. The van der Waals surface area contributed by atoms with Gasteiger partial charge in [0, 0.05) is 12.8 Å². The molecule has 3 rings (SSSR count). The van der Waals surface area contributed by atoms with E-state index in [1.54, 1.807) is 24.3 Å². The smallest absolute Gasteiger partial charge is 0.338 e. The lowest BCUT2D eigenvalue weighted by Crippen LogP contribution is -2.30. The van der Waals surface area contributed by atoms with Crippen molar-refractivity contribution < 1.29 is 28.7 Å². The number of nitrogens with zero attached hydrogens (tertiary/aromatic N) is 1. The quantitative estimate of drug-likeness (QED) is 0.556. The van der Waals surface area contributed by atoms with Crippen LogP contribution in [0.4, 0.5) is 11.4 Å². The Kier molecular flexibility index (Phi) is 6.46. The van der Waals surface area contributed by atoms with Gasteiger partial charge in [-0.05, 0) is 50.2 Å². The van der Waals surface area contributed by atoms with Gasteiger partial charge in [0.05, 0.1) is 23.5 Å². The third-order valence-electron chi connectivity index (χ3n) is 4.51. The summed E-state index contributed by atoms with van der Waals surface area (Å²) in [6.07, 6.45) is -0.683. The molecule has 0 unspecified atom stereocenters. The van der Waals surface area contributed by atoms with Gasteiger partial charge in [-0.3, -0.25) is 19.3 Å². The van der Waals surface area contributed by atoms with Crippen LogP contribution in [0.5, 0.6) is 5.75 Å². The minimum Gasteiger partial charge on any atom is -0.492 e. The molecule has 1 aliphatic rings. The molecule has 8 heteroatoms. The Morgan fingerprint density at radius 3 is 2.30 bits per heavy atom. The summed E-state index contributed by atoms with van der Waals surface area (Å²) in [5, 5.41) is 2.69. The predicted molar refractivity (Wildman–Crippen MR) is 109 cm³/mol. The molecule has 1 aliphatic heterocycles. The molecule has 1 heterocycles. The highest BCUT2D eigenvalue weighted by atomic mass is 16.5. The van der Waals surface area contributed by atoms with E-state index in [0.29, 0.717) is 23.7 Å². The number of esters is 1.